The monoisotopic (exact) mass is 308 g/mol. The Hall–Kier alpha value is -1.95. The first-order valence-corrected chi connectivity index (χ1v) is 7.90. The molecule has 0 bridgehead atoms. The number of rotatable bonds is 3. The summed E-state index contributed by atoms with van der Waals surface area (Å²) in [5, 5.41) is 0.320. The molecular formula is C12H12N4O2S2. The summed E-state index contributed by atoms with van der Waals surface area (Å²) in [6.07, 6.45) is 4.34. The second-order valence-corrected chi connectivity index (χ2v) is 6.71. The van der Waals surface area contributed by atoms with Gasteiger partial charge in [-0.1, -0.05) is 11.8 Å². The van der Waals surface area contributed by atoms with E-state index in [0.717, 1.165) is 4.88 Å². The van der Waals surface area contributed by atoms with E-state index in [-0.39, 0.29) is 11.4 Å². The van der Waals surface area contributed by atoms with E-state index in [1.54, 1.807) is 6.20 Å². The van der Waals surface area contributed by atoms with E-state index in [2.05, 4.69) is 26.5 Å². The van der Waals surface area contributed by atoms with Gasteiger partial charge in [-0.05, 0) is 13.0 Å². The molecule has 0 unspecified atom stereocenters. The standard InChI is InChI=1S/C12H12N4O2S2/c1-9-6-15-12(19-9)16-20(17,18)11-5-10(3-2-4-13)7-14-8-11/h5-8H,4,13H2,1H3,(H,15,16). The number of aromatic nitrogens is 2. The fourth-order valence-corrected chi connectivity index (χ4v) is 3.26. The van der Waals surface area contributed by atoms with Gasteiger partial charge < -0.3 is 5.73 Å². The molecule has 0 aliphatic heterocycles. The number of hydrogen-bond donors (Lipinski definition) is 2. The molecule has 0 saturated heterocycles. The fraction of sp³-hybridized carbons (Fsp3) is 0.167. The Balaban J connectivity index is 2.29. The smallest absolute Gasteiger partial charge is 0.265 e. The highest BCUT2D eigenvalue weighted by molar-refractivity contribution is 7.93. The first-order chi connectivity index (χ1) is 9.51. The van der Waals surface area contributed by atoms with E-state index >= 15 is 0 Å². The Labute approximate surface area is 121 Å². The van der Waals surface area contributed by atoms with E-state index in [1.165, 1.54) is 29.8 Å². The molecule has 2 heterocycles. The van der Waals surface area contributed by atoms with Gasteiger partial charge in [0.05, 0.1) is 6.54 Å². The number of nitrogens with zero attached hydrogens (tertiary/aromatic N) is 2. The number of thiazole rings is 1. The van der Waals surface area contributed by atoms with E-state index in [9.17, 15) is 8.42 Å². The van der Waals surface area contributed by atoms with Crippen LogP contribution in [0, 0.1) is 18.8 Å². The number of hydrogen-bond acceptors (Lipinski definition) is 6. The lowest BCUT2D eigenvalue weighted by Gasteiger charge is -2.04. The van der Waals surface area contributed by atoms with Crippen molar-refractivity contribution in [2.24, 2.45) is 5.73 Å². The van der Waals surface area contributed by atoms with Crippen LogP contribution in [-0.4, -0.2) is 24.9 Å². The topological polar surface area (TPSA) is 98.0 Å². The highest BCUT2D eigenvalue weighted by atomic mass is 32.2. The molecule has 2 aromatic rings. The summed E-state index contributed by atoms with van der Waals surface area (Å²) in [5.41, 5.74) is 5.77. The zero-order valence-corrected chi connectivity index (χ0v) is 12.3. The molecule has 8 heteroatoms. The summed E-state index contributed by atoms with van der Waals surface area (Å²) in [7, 11) is -3.71. The SMILES string of the molecule is Cc1cnc(NS(=O)(=O)c2cncc(C#CCN)c2)s1. The molecule has 2 aromatic heterocycles. The molecular weight excluding hydrogens is 296 g/mol. The second-order valence-electron chi connectivity index (χ2n) is 3.80. The first kappa shape index (κ1) is 14.5. The Kier molecular flexibility index (Phi) is 4.34. The molecule has 0 aliphatic carbocycles. The van der Waals surface area contributed by atoms with Crippen LogP contribution in [0.25, 0.3) is 0 Å². The molecule has 0 aromatic carbocycles. The molecule has 6 nitrogen and oxygen atoms in total. The van der Waals surface area contributed by atoms with Gasteiger partial charge in [0.1, 0.15) is 4.90 Å². The summed E-state index contributed by atoms with van der Waals surface area (Å²) in [6, 6.07) is 1.44. The molecule has 0 fully saturated rings. The molecule has 0 atom stereocenters. The average Bonchev–Trinajstić information content (AvgIpc) is 2.81. The quantitative estimate of drug-likeness (QED) is 0.823. The predicted molar refractivity (Wildman–Crippen MR) is 77.8 cm³/mol. The summed E-state index contributed by atoms with van der Waals surface area (Å²) in [6.45, 7) is 2.05. The number of aryl methyl sites for hydroxylation is 1. The lowest BCUT2D eigenvalue weighted by molar-refractivity contribution is 0.600. The minimum Gasteiger partial charge on any atom is -0.320 e. The van der Waals surface area contributed by atoms with E-state index in [0.29, 0.717) is 10.7 Å². The van der Waals surface area contributed by atoms with E-state index < -0.39 is 10.0 Å². The summed E-state index contributed by atoms with van der Waals surface area (Å²) >= 11 is 1.26. The normalized spacial score (nSPS) is 10.7. The second kappa shape index (κ2) is 6.00. The van der Waals surface area contributed by atoms with Crippen molar-refractivity contribution in [1.82, 2.24) is 9.97 Å². The van der Waals surface area contributed by atoms with Gasteiger partial charge in [0, 0.05) is 29.0 Å². The molecule has 0 saturated carbocycles. The summed E-state index contributed by atoms with van der Waals surface area (Å²) < 4.78 is 26.8. The van der Waals surface area contributed by atoms with E-state index in [1.807, 2.05) is 6.92 Å². The maximum atomic E-state index is 12.2. The van der Waals surface area contributed by atoms with Crippen LogP contribution in [-0.2, 0) is 10.0 Å². The average molecular weight is 308 g/mol. The van der Waals surface area contributed by atoms with Crippen molar-refractivity contribution < 1.29 is 8.42 Å². The van der Waals surface area contributed by atoms with Gasteiger partial charge in [-0.2, -0.15) is 0 Å². The number of nitrogens with two attached hydrogens (primary N) is 1. The van der Waals surface area contributed by atoms with E-state index in [4.69, 9.17) is 5.73 Å². The zero-order chi connectivity index (χ0) is 14.6. The molecule has 0 aliphatic rings. The van der Waals surface area contributed by atoms with Crippen LogP contribution in [0.4, 0.5) is 5.13 Å². The first-order valence-electron chi connectivity index (χ1n) is 5.60. The number of sulfonamides is 1. The van der Waals surface area contributed by atoms with Gasteiger partial charge in [-0.25, -0.2) is 13.4 Å². The minimum atomic E-state index is -3.71. The third-order valence-corrected chi connectivity index (χ3v) is 4.46. The maximum Gasteiger partial charge on any atom is 0.265 e. The fourth-order valence-electron chi connectivity index (χ4n) is 1.36. The highest BCUT2D eigenvalue weighted by Crippen LogP contribution is 2.20. The van der Waals surface area contributed by atoms with Gasteiger partial charge in [-0.15, -0.1) is 11.3 Å². The van der Waals surface area contributed by atoms with Crippen molar-refractivity contribution in [3.05, 3.63) is 35.1 Å². The summed E-state index contributed by atoms with van der Waals surface area (Å²) in [5.74, 6) is 5.39. The Bertz CT molecular complexity index is 772. The van der Waals surface area contributed by atoms with Crippen molar-refractivity contribution in [1.29, 1.82) is 0 Å². The van der Waals surface area contributed by atoms with Gasteiger partial charge in [-0.3, -0.25) is 9.71 Å². The summed E-state index contributed by atoms with van der Waals surface area (Å²) in [4.78, 5) is 8.79. The zero-order valence-electron chi connectivity index (χ0n) is 10.6. The molecule has 104 valence electrons. The van der Waals surface area contributed by atoms with Crippen LogP contribution in [0.15, 0.2) is 29.6 Å². The van der Waals surface area contributed by atoms with Crippen LogP contribution < -0.4 is 10.5 Å². The number of nitrogens with one attached hydrogen (secondary N) is 1. The Morgan fingerprint density at radius 3 is 2.85 bits per heavy atom. The van der Waals surface area contributed by atoms with Crippen molar-refractivity contribution in [2.75, 3.05) is 11.3 Å². The van der Waals surface area contributed by atoms with Crippen LogP contribution in [0.3, 0.4) is 0 Å². The lowest BCUT2D eigenvalue weighted by Crippen LogP contribution is -2.13. The van der Waals surface area contributed by atoms with Crippen molar-refractivity contribution in [3.63, 3.8) is 0 Å². The van der Waals surface area contributed by atoms with Crippen LogP contribution >= 0.6 is 11.3 Å². The third kappa shape index (κ3) is 3.54. The molecule has 0 amide bonds. The van der Waals surface area contributed by atoms with Gasteiger partial charge >= 0.3 is 0 Å². The predicted octanol–water partition coefficient (Wildman–Crippen LogP) is 0.958. The molecule has 3 N–H and O–H groups in total. The van der Waals surface area contributed by atoms with Crippen LogP contribution in [0.2, 0.25) is 0 Å². The third-order valence-electron chi connectivity index (χ3n) is 2.20. The van der Waals surface area contributed by atoms with Gasteiger partial charge in [0.15, 0.2) is 5.13 Å². The van der Waals surface area contributed by atoms with Gasteiger partial charge in [0.2, 0.25) is 0 Å². The Morgan fingerprint density at radius 2 is 2.20 bits per heavy atom. The molecule has 0 spiro atoms. The highest BCUT2D eigenvalue weighted by Gasteiger charge is 2.16. The molecule has 20 heavy (non-hydrogen) atoms. The Morgan fingerprint density at radius 1 is 1.40 bits per heavy atom. The largest absolute Gasteiger partial charge is 0.320 e. The maximum absolute atomic E-state index is 12.2. The number of pyridine rings is 1. The molecule has 2 rings (SSSR count). The lowest BCUT2D eigenvalue weighted by atomic mass is 10.3. The van der Waals surface area contributed by atoms with Crippen LogP contribution in [0.5, 0.6) is 0 Å². The van der Waals surface area contributed by atoms with Crippen LogP contribution in [0.1, 0.15) is 10.4 Å². The molecule has 0 radical (unpaired) electrons. The van der Waals surface area contributed by atoms with Crippen molar-refractivity contribution in [2.45, 2.75) is 11.8 Å². The van der Waals surface area contributed by atoms with Crippen molar-refractivity contribution in [3.8, 4) is 11.8 Å². The number of anilines is 1. The minimum absolute atomic E-state index is 0.0363. The van der Waals surface area contributed by atoms with Gasteiger partial charge in [0.25, 0.3) is 10.0 Å². The van der Waals surface area contributed by atoms with Crippen molar-refractivity contribution >= 4 is 26.5 Å².